The molecule has 0 spiro atoms. The van der Waals surface area contributed by atoms with Gasteiger partial charge >= 0.3 is 0 Å². The summed E-state index contributed by atoms with van der Waals surface area (Å²) in [5.41, 5.74) is 1.97. The van der Waals surface area contributed by atoms with Crippen LogP contribution >= 0.6 is 0 Å². The Balaban J connectivity index is 2.18. The molecule has 17 heavy (non-hydrogen) atoms. The Morgan fingerprint density at radius 3 is 2.88 bits per heavy atom. The molecule has 3 nitrogen and oxygen atoms in total. The van der Waals surface area contributed by atoms with E-state index < -0.39 is 11.3 Å². The van der Waals surface area contributed by atoms with Gasteiger partial charge < -0.3 is 9.84 Å². The maximum atomic E-state index is 10.2. The molecule has 0 bridgehead atoms. The smallest absolute Gasteiger partial charge is 0.156 e. The number of aryl methyl sites for hydroxylation is 1. The minimum atomic E-state index is -0.997. The number of hydrogen-bond donors (Lipinski definition) is 1. The first-order valence-electron chi connectivity index (χ1n) is 6.02. The van der Waals surface area contributed by atoms with Gasteiger partial charge in [-0.3, -0.25) is 4.99 Å². The molecule has 0 unspecified atom stereocenters. The van der Waals surface area contributed by atoms with Crippen LogP contribution in [0.1, 0.15) is 30.9 Å². The third kappa shape index (κ3) is 1.53. The van der Waals surface area contributed by atoms with Crippen molar-refractivity contribution in [3.05, 3.63) is 35.4 Å². The molecule has 90 valence electrons. The molecule has 3 heteroatoms. The molecule has 0 saturated carbocycles. The Hall–Kier alpha value is -1.19. The lowest BCUT2D eigenvalue weighted by Crippen LogP contribution is -2.43. The first-order valence-corrected chi connectivity index (χ1v) is 6.02. The van der Waals surface area contributed by atoms with E-state index in [9.17, 15) is 5.11 Å². The molecule has 2 aliphatic rings. The Kier molecular flexibility index (Phi) is 2.19. The molecule has 2 atom stereocenters. The van der Waals surface area contributed by atoms with Gasteiger partial charge in [-0.05, 0) is 25.3 Å². The van der Waals surface area contributed by atoms with E-state index in [1.165, 1.54) is 5.56 Å². The monoisotopic (exact) mass is 231 g/mol. The van der Waals surface area contributed by atoms with Gasteiger partial charge in [-0.1, -0.05) is 24.3 Å². The minimum absolute atomic E-state index is 0.391. The number of fused-ring (bicyclic) bond motifs is 3. The zero-order valence-corrected chi connectivity index (χ0v) is 10.2. The predicted molar refractivity (Wildman–Crippen MR) is 66.3 cm³/mol. The lowest BCUT2D eigenvalue weighted by molar-refractivity contribution is -0.0216. The summed E-state index contributed by atoms with van der Waals surface area (Å²) in [6.07, 6.45) is 2.44. The summed E-state index contributed by atoms with van der Waals surface area (Å²) in [7, 11) is 1.71. The highest BCUT2D eigenvalue weighted by Gasteiger charge is 2.50. The molecule has 1 aromatic rings. The van der Waals surface area contributed by atoms with Crippen LogP contribution in [0.3, 0.4) is 0 Å². The van der Waals surface area contributed by atoms with Crippen molar-refractivity contribution in [1.82, 2.24) is 0 Å². The van der Waals surface area contributed by atoms with Crippen molar-refractivity contribution in [2.24, 2.45) is 4.99 Å². The van der Waals surface area contributed by atoms with Gasteiger partial charge in [0.05, 0.1) is 5.71 Å². The number of aliphatic imine (C=N–C) groups is 1. The van der Waals surface area contributed by atoms with Crippen molar-refractivity contribution in [2.45, 2.75) is 37.5 Å². The quantitative estimate of drug-likeness (QED) is 0.802. The molecule has 0 aromatic heterocycles. The minimum Gasteiger partial charge on any atom is -0.372 e. The number of benzene rings is 1. The van der Waals surface area contributed by atoms with Gasteiger partial charge in [0.1, 0.15) is 5.60 Å². The third-order valence-corrected chi connectivity index (χ3v) is 3.87. The van der Waals surface area contributed by atoms with Crippen LogP contribution in [0, 0.1) is 0 Å². The first kappa shape index (κ1) is 10.9. The zero-order valence-electron chi connectivity index (χ0n) is 10.2. The largest absolute Gasteiger partial charge is 0.372 e. The summed E-state index contributed by atoms with van der Waals surface area (Å²) in [5, 5.41) is 10.2. The van der Waals surface area contributed by atoms with Gasteiger partial charge in [0.15, 0.2) is 5.72 Å². The summed E-state index contributed by atoms with van der Waals surface area (Å²) >= 11 is 0. The van der Waals surface area contributed by atoms with E-state index >= 15 is 0 Å². The van der Waals surface area contributed by atoms with Crippen LogP contribution in [0.2, 0.25) is 0 Å². The van der Waals surface area contributed by atoms with Gasteiger partial charge in [0, 0.05) is 19.1 Å². The molecule has 0 amide bonds. The maximum Gasteiger partial charge on any atom is 0.156 e. The molecule has 1 aliphatic heterocycles. The molecule has 0 fully saturated rings. The van der Waals surface area contributed by atoms with E-state index in [4.69, 9.17) is 4.74 Å². The van der Waals surface area contributed by atoms with E-state index in [2.05, 4.69) is 17.1 Å². The fraction of sp³-hybridized carbons (Fsp3) is 0.500. The Labute approximate surface area is 101 Å². The van der Waals surface area contributed by atoms with Gasteiger partial charge in [-0.2, -0.15) is 0 Å². The van der Waals surface area contributed by atoms with E-state index in [-0.39, 0.29) is 0 Å². The molecular formula is C14H17NO2. The second-order valence-electron chi connectivity index (χ2n) is 5.21. The number of methoxy groups -OCH3 is 1. The molecular weight excluding hydrogens is 214 g/mol. The van der Waals surface area contributed by atoms with Crippen LogP contribution in [0.25, 0.3) is 0 Å². The van der Waals surface area contributed by atoms with Crippen molar-refractivity contribution < 1.29 is 9.84 Å². The highest BCUT2D eigenvalue weighted by Crippen LogP contribution is 2.43. The second kappa shape index (κ2) is 3.40. The molecule has 1 aromatic carbocycles. The summed E-state index contributed by atoms with van der Waals surface area (Å²) in [6, 6.07) is 8.26. The van der Waals surface area contributed by atoms with Crippen molar-refractivity contribution in [3.8, 4) is 0 Å². The van der Waals surface area contributed by atoms with Crippen molar-refractivity contribution in [3.63, 3.8) is 0 Å². The highest BCUT2D eigenvalue weighted by atomic mass is 16.5. The maximum absolute atomic E-state index is 10.2. The normalized spacial score (nSPS) is 35.1. The highest BCUT2D eigenvalue weighted by molar-refractivity contribution is 6.10. The first-order chi connectivity index (χ1) is 8.06. The molecule has 1 heterocycles. The molecule has 3 rings (SSSR count). The van der Waals surface area contributed by atoms with E-state index in [0.717, 1.165) is 24.1 Å². The Morgan fingerprint density at radius 2 is 2.12 bits per heavy atom. The lowest BCUT2D eigenvalue weighted by Gasteiger charge is -2.35. The number of aliphatic hydroxyl groups is 1. The molecule has 0 saturated heterocycles. The fourth-order valence-corrected chi connectivity index (χ4v) is 3.10. The van der Waals surface area contributed by atoms with Gasteiger partial charge in [0.25, 0.3) is 0 Å². The molecule has 1 N–H and O–H groups in total. The predicted octanol–water partition coefficient (Wildman–Crippen LogP) is 1.92. The van der Waals surface area contributed by atoms with Crippen LogP contribution in [-0.2, 0) is 11.2 Å². The number of rotatable bonds is 1. The van der Waals surface area contributed by atoms with Crippen LogP contribution in [0.5, 0.6) is 0 Å². The molecule has 1 aliphatic carbocycles. The summed E-state index contributed by atoms with van der Waals surface area (Å²) in [4.78, 5) is 4.47. The second-order valence-corrected chi connectivity index (χ2v) is 5.21. The van der Waals surface area contributed by atoms with Crippen LogP contribution in [-0.4, -0.2) is 29.3 Å². The standard InChI is InChI=1S/C14H17NO2/c1-13(16)9-14(17-2)8-7-10-5-3-4-6-11(10)12(14)15-13/h3-6,16H,7-9H2,1-2H3/t13-,14-/m1/s1. The zero-order chi connectivity index (χ0) is 12.1. The topological polar surface area (TPSA) is 41.8 Å². The van der Waals surface area contributed by atoms with Gasteiger partial charge in [-0.15, -0.1) is 0 Å². The van der Waals surface area contributed by atoms with E-state index in [1.54, 1.807) is 14.0 Å². The fourth-order valence-electron chi connectivity index (χ4n) is 3.10. The van der Waals surface area contributed by atoms with Gasteiger partial charge in [0.2, 0.25) is 0 Å². The third-order valence-electron chi connectivity index (χ3n) is 3.87. The lowest BCUT2D eigenvalue weighted by atomic mass is 9.77. The van der Waals surface area contributed by atoms with Crippen LogP contribution in [0.4, 0.5) is 0 Å². The Morgan fingerprint density at radius 1 is 1.35 bits per heavy atom. The summed E-state index contributed by atoms with van der Waals surface area (Å²) in [6.45, 7) is 1.75. The van der Waals surface area contributed by atoms with Crippen LogP contribution < -0.4 is 0 Å². The summed E-state index contributed by atoms with van der Waals surface area (Å²) in [5.74, 6) is 0. The van der Waals surface area contributed by atoms with E-state index in [1.807, 2.05) is 12.1 Å². The van der Waals surface area contributed by atoms with Crippen molar-refractivity contribution >= 4 is 5.71 Å². The number of nitrogens with zero attached hydrogens (tertiary/aromatic N) is 1. The van der Waals surface area contributed by atoms with Crippen molar-refractivity contribution in [1.29, 1.82) is 0 Å². The SMILES string of the molecule is CO[C@@]12CCc3ccccc3C1=N[C@](C)(O)C2. The number of hydrogen-bond acceptors (Lipinski definition) is 3. The van der Waals surface area contributed by atoms with Crippen molar-refractivity contribution in [2.75, 3.05) is 7.11 Å². The summed E-state index contributed by atoms with van der Waals surface area (Å²) < 4.78 is 5.70. The average Bonchev–Trinajstić information content (AvgIpc) is 2.61. The average molecular weight is 231 g/mol. The Bertz CT molecular complexity index is 493. The van der Waals surface area contributed by atoms with Gasteiger partial charge in [-0.25, -0.2) is 0 Å². The molecule has 0 radical (unpaired) electrons. The number of ether oxygens (including phenoxy) is 1. The van der Waals surface area contributed by atoms with Crippen LogP contribution in [0.15, 0.2) is 29.3 Å². The van der Waals surface area contributed by atoms with E-state index in [0.29, 0.717) is 6.42 Å².